The van der Waals surface area contributed by atoms with Gasteiger partial charge in [0.15, 0.2) is 5.84 Å². The van der Waals surface area contributed by atoms with E-state index in [9.17, 15) is 0 Å². The third kappa shape index (κ3) is 3.09. The molecule has 3 N–H and O–H groups in total. The molecule has 1 aliphatic rings. The summed E-state index contributed by atoms with van der Waals surface area (Å²) in [6.07, 6.45) is 7.81. The van der Waals surface area contributed by atoms with Crippen molar-refractivity contribution in [3.63, 3.8) is 0 Å². The Bertz CT molecular complexity index is 413. The number of aromatic nitrogens is 2. The molecule has 1 aromatic heterocycles. The number of rotatable bonds is 2. The number of hydrogen-bond donors (Lipinski definition) is 2. The fraction of sp³-hybridized carbons (Fsp3) is 0.583. The lowest BCUT2D eigenvalue weighted by atomic mass is 10.1. The number of oxime groups is 1. The molecule has 0 saturated carbocycles. The lowest BCUT2D eigenvalue weighted by Crippen LogP contribution is -2.29. The number of anilines is 1. The van der Waals surface area contributed by atoms with E-state index in [-0.39, 0.29) is 5.84 Å². The molecule has 0 unspecified atom stereocenters. The largest absolute Gasteiger partial charge is 0.409 e. The Balaban J connectivity index is 2.15. The van der Waals surface area contributed by atoms with Crippen LogP contribution in [0.2, 0.25) is 0 Å². The van der Waals surface area contributed by atoms with E-state index in [1.54, 1.807) is 12.3 Å². The van der Waals surface area contributed by atoms with Crippen LogP contribution in [0.4, 0.5) is 5.95 Å². The standard InChI is InChI=1S/C12H19N5O/c13-11(16-18)10-6-7-14-12(15-10)17-8-4-2-1-3-5-9-17/h6-7,18H,1-5,8-9H2,(H2,13,16). The van der Waals surface area contributed by atoms with E-state index < -0.39 is 0 Å². The molecule has 6 nitrogen and oxygen atoms in total. The maximum absolute atomic E-state index is 8.66. The second-order valence-electron chi connectivity index (χ2n) is 4.48. The van der Waals surface area contributed by atoms with Crippen molar-refractivity contribution in [3.8, 4) is 0 Å². The van der Waals surface area contributed by atoms with Crippen LogP contribution >= 0.6 is 0 Å². The van der Waals surface area contributed by atoms with Gasteiger partial charge < -0.3 is 15.8 Å². The Hall–Kier alpha value is -1.85. The first kappa shape index (κ1) is 12.6. The second kappa shape index (κ2) is 6.18. The molecule has 0 bridgehead atoms. The quantitative estimate of drug-likeness (QED) is 0.357. The van der Waals surface area contributed by atoms with Crippen molar-refractivity contribution in [1.29, 1.82) is 0 Å². The Morgan fingerprint density at radius 1 is 1.22 bits per heavy atom. The summed E-state index contributed by atoms with van der Waals surface area (Å²) >= 11 is 0. The molecule has 1 aromatic rings. The smallest absolute Gasteiger partial charge is 0.225 e. The van der Waals surface area contributed by atoms with Gasteiger partial charge in [0.05, 0.1) is 0 Å². The van der Waals surface area contributed by atoms with Gasteiger partial charge in [-0.25, -0.2) is 9.97 Å². The monoisotopic (exact) mass is 249 g/mol. The molecule has 18 heavy (non-hydrogen) atoms. The van der Waals surface area contributed by atoms with Gasteiger partial charge in [-0.2, -0.15) is 0 Å². The Labute approximate surface area is 107 Å². The first-order valence-electron chi connectivity index (χ1n) is 6.37. The minimum Gasteiger partial charge on any atom is -0.409 e. The summed E-state index contributed by atoms with van der Waals surface area (Å²) in [7, 11) is 0. The normalized spacial score (nSPS) is 18.2. The molecule has 0 atom stereocenters. The lowest BCUT2D eigenvalue weighted by molar-refractivity contribution is 0.318. The number of hydrogen-bond acceptors (Lipinski definition) is 5. The molecule has 2 rings (SSSR count). The highest BCUT2D eigenvalue weighted by atomic mass is 16.4. The van der Waals surface area contributed by atoms with Crippen molar-refractivity contribution in [2.75, 3.05) is 18.0 Å². The zero-order valence-electron chi connectivity index (χ0n) is 10.4. The molecule has 0 amide bonds. The first-order valence-corrected chi connectivity index (χ1v) is 6.37. The molecule has 0 aromatic carbocycles. The highest BCUT2D eigenvalue weighted by Gasteiger charge is 2.12. The molecule has 98 valence electrons. The molecule has 1 saturated heterocycles. The summed E-state index contributed by atoms with van der Waals surface area (Å²) in [4.78, 5) is 10.8. The SMILES string of the molecule is N/C(=N/O)c1ccnc(N2CCCCCCC2)n1. The third-order valence-corrected chi connectivity index (χ3v) is 3.15. The molecule has 1 fully saturated rings. The highest BCUT2D eigenvalue weighted by molar-refractivity contribution is 5.95. The van der Waals surface area contributed by atoms with Crippen LogP contribution in [0.15, 0.2) is 17.4 Å². The van der Waals surface area contributed by atoms with Gasteiger partial charge in [-0.3, -0.25) is 0 Å². The van der Waals surface area contributed by atoms with Crippen molar-refractivity contribution in [3.05, 3.63) is 18.0 Å². The summed E-state index contributed by atoms with van der Waals surface area (Å²) in [5.74, 6) is 0.687. The van der Waals surface area contributed by atoms with E-state index in [1.807, 2.05) is 0 Å². The van der Waals surface area contributed by atoms with Crippen molar-refractivity contribution >= 4 is 11.8 Å². The van der Waals surface area contributed by atoms with Crippen LogP contribution in [0.1, 0.15) is 37.8 Å². The molecule has 6 heteroatoms. The van der Waals surface area contributed by atoms with Crippen LogP contribution in [0.3, 0.4) is 0 Å². The lowest BCUT2D eigenvalue weighted by Gasteiger charge is -2.24. The molecule has 1 aliphatic heterocycles. The third-order valence-electron chi connectivity index (χ3n) is 3.15. The van der Waals surface area contributed by atoms with E-state index in [1.165, 1.54) is 19.3 Å². The molecule has 0 aliphatic carbocycles. The average molecular weight is 249 g/mol. The zero-order chi connectivity index (χ0) is 12.8. The van der Waals surface area contributed by atoms with Gasteiger partial charge in [0.2, 0.25) is 5.95 Å². The predicted octanol–water partition coefficient (Wildman–Crippen LogP) is 1.34. The average Bonchev–Trinajstić information content (AvgIpc) is 2.37. The fourth-order valence-corrected chi connectivity index (χ4v) is 2.14. The predicted molar refractivity (Wildman–Crippen MR) is 69.8 cm³/mol. The van der Waals surface area contributed by atoms with Crippen LogP contribution < -0.4 is 10.6 Å². The van der Waals surface area contributed by atoms with E-state index in [0.717, 1.165) is 25.9 Å². The second-order valence-corrected chi connectivity index (χ2v) is 4.48. The van der Waals surface area contributed by atoms with Gasteiger partial charge in [-0.1, -0.05) is 24.4 Å². The van der Waals surface area contributed by atoms with E-state index in [2.05, 4.69) is 20.0 Å². The molecule has 0 radical (unpaired) electrons. The van der Waals surface area contributed by atoms with Crippen LogP contribution in [0, 0.1) is 0 Å². The number of nitrogens with two attached hydrogens (primary N) is 1. The Morgan fingerprint density at radius 2 is 1.89 bits per heavy atom. The van der Waals surface area contributed by atoms with Crippen molar-refractivity contribution in [2.24, 2.45) is 10.9 Å². The molecule has 0 spiro atoms. The van der Waals surface area contributed by atoms with Gasteiger partial charge >= 0.3 is 0 Å². The van der Waals surface area contributed by atoms with E-state index in [0.29, 0.717) is 11.6 Å². The fourth-order valence-electron chi connectivity index (χ4n) is 2.14. The maximum atomic E-state index is 8.66. The van der Waals surface area contributed by atoms with Crippen LogP contribution in [-0.2, 0) is 0 Å². The Morgan fingerprint density at radius 3 is 2.56 bits per heavy atom. The van der Waals surface area contributed by atoms with Gasteiger partial charge in [0.1, 0.15) is 5.69 Å². The zero-order valence-corrected chi connectivity index (χ0v) is 10.4. The Kier molecular flexibility index (Phi) is 4.33. The highest BCUT2D eigenvalue weighted by Crippen LogP contribution is 2.15. The minimum atomic E-state index is 0.0192. The van der Waals surface area contributed by atoms with Gasteiger partial charge in [0, 0.05) is 19.3 Å². The molecular weight excluding hydrogens is 230 g/mol. The molecule has 2 heterocycles. The van der Waals surface area contributed by atoms with Crippen molar-refractivity contribution in [2.45, 2.75) is 32.1 Å². The molecular formula is C12H19N5O. The van der Waals surface area contributed by atoms with Gasteiger partial charge in [-0.05, 0) is 18.9 Å². The number of nitrogens with zero attached hydrogens (tertiary/aromatic N) is 4. The van der Waals surface area contributed by atoms with Crippen molar-refractivity contribution < 1.29 is 5.21 Å². The van der Waals surface area contributed by atoms with Crippen LogP contribution in [0.25, 0.3) is 0 Å². The van der Waals surface area contributed by atoms with Crippen LogP contribution in [-0.4, -0.2) is 34.1 Å². The summed E-state index contributed by atoms with van der Waals surface area (Å²) in [6, 6.07) is 1.64. The van der Waals surface area contributed by atoms with Crippen LogP contribution in [0.5, 0.6) is 0 Å². The van der Waals surface area contributed by atoms with E-state index in [4.69, 9.17) is 10.9 Å². The topological polar surface area (TPSA) is 87.6 Å². The summed E-state index contributed by atoms with van der Waals surface area (Å²) < 4.78 is 0. The summed E-state index contributed by atoms with van der Waals surface area (Å²) in [5.41, 5.74) is 6.00. The first-order chi connectivity index (χ1) is 8.81. The van der Waals surface area contributed by atoms with Gasteiger partial charge in [0.25, 0.3) is 0 Å². The summed E-state index contributed by atoms with van der Waals surface area (Å²) in [6.45, 7) is 1.94. The van der Waals surface area contributed by atoms with E-state index >= 15 is 0 Å². The number of amidine groups is 1. The minimum absolute atomic E-state index is 0.0192. The van der Waals surface area contributed by atoms with Crippen molar-refractivity contribution in [1.82, 2.24) is 9.97 Å². The summed E-state index contributed by atoms with van der Waals surface area (Å²) in [5, 5.41) is 11.6. The van der Waals surface area contributed by atoms with Gasteiger partial charge in [-0.15, -0.1) is 0 Å². The maximum Gasteiger partial charge on any atom is 0.225 e.